The van der Waals surface area contributed by atoms with Crippen molar-refractivity contribution in [1.82, 2.24) is 15.5 Å². The Balaban J connectivity index is 1.72. The molecule has 0 aromatic carbocycles. The van der Waals surface area contributed by atoms with Gasteiger partial charge in [-0.05, 0) is 39.2 Å². The zero-order valence-corrected chi connectivity index (χ0v) is 12.0. The summed E-state index contributed by atoms with van der Waals surface area (Å²) in [6.07, 6.45) is 6.04. The largest absolute Gasteiger partial charge is 0.353 e. The number of nitrogens with zero attached hydrogens (tertiary/aromatic N) is 1. The highest BCUT2D eigenvalue weighted by atomic mass is 16.1. The highest BCUT2D eigenvalue weighted by Crippen LogP contribution is 2.17. The Labute approximate surface area is 116 Å². The van der Waals surface area contributed by atoms with Gasteiger partial charge in [-0.25, -0.2) is 0 Å². The van der Waals surface area contributed by atoms with E-state index in [1.807, 2.05) is 6.08 Å². The number of amides is 1. The van der Waals surface area contributed by atoms with Crippen LogP contribution in [0.25, 0.3) is 0 Å². The highest BCUT2D eigenvalue weighted by Gasteiger charge is 2.27. The molecule has 2 aliphatic rings. The standard InChI is InChI=1S/C15H27N3O/c1-3-8-18-9-5-14(6-10-18)17-15(19)13-4-7-16-12(2)11-13/h3,12-14,16H,1,4-11H2,2H3,(H,17,19)/t12-,13-/m0/s1. The number of nitrogens with one attached hydrogen (secondary N) is 2. The molecule has 0 aliphatic carbocycles. The molecule has 2 fully saturated rings. The van der Waals surface area contributed by atoms with Gasteiger partial charge in [0.2, 0.25) is 5.91 Å². The third-order valence-electron chi connectivity index (χ3n) is 4.32. The van der Waals surface area contributed by atoms with E-state index in [0.717, 1.165) is 51.9 Å². The van der Waals surface area contributed by atoms with Crippen molar-refractivity contribution in [3.05, 3.63) is 12.7 Å². The van der Waals surface area contributed by atoms with Gasteiger partial charge in [-0.1, -0.05) is 6.08 Å². The van der Waals surface area contributed by atoms with Gasteiger partial charge in [0.05, 0.1) is 0 Å². The Morgan fingerprint density at radius 2 is 2.16 bits per heavy atom. The first kappa shape index (κ1) is 14.5. The van der Waals surface area contributed by atoms with Crippen LogP contribution in [0.3, 0.4) is 0 Å². The minimum atomic E-state index is 0.211. The molecule has 2 rings (SSSR count). The minimum absolute atomic E-state index is 0.211. The van der Waals surface area contributed by atoms with E-state index < -0.39 is 0 Å². The molecular weight excluding hydrogens is 238 g/mol. The van der Waals surface area contributed by atoms with E-state index in [4.69, 9.17) is 0 Å². The predicted molar refractivity (Wildman–Crippen MR) is 78.0 cm³/mol. The summed E-state index contributed by atoms with van der Waals surface area (Å²) in [4.78, 5) is 14.6. The van der Waals surface area contributed by atoms with Crippen molar-refractivity contribution in [2.45, 2.75) is 44.7 Å². The van der Waals surface area contributed by atoms with Gasteiger partial charge in [0.25, 0.3) is 0 Å². The maximum Gasteiger partial charge on any atom is 0.223 e. The lowest BCUT2D eigenvalue weighted by molar-refractivity contribution is -0.127. The second kappa shape index (κ2) is 7.06. The van der Waals surface area contributed by atoms with E-state index in [2.05, 4.69) is 29.0 Å². The van der Waals surface area contributed by atoms with E-state index >= 15 is 0 Å². The van der Waals surface area contributed by atoms with E-state index in [0.29, 0.717) is 12.1 Å². The summed E-state index contributed by atoms with van der Waals surface area (Å²) in [5, 5.41) is 6.65. The molecule has 2 atom stereocenters. The van der Waals surface area contributed by atoms with Crippen LogP contribution in [-0.2, 0) is 4.79 Å². The van der Waals surface area contributed by atoms with Crippen LogP contribution in [0.15, 0.2) is 12.7 Å². The number of carbonyl (C=O) groups excluding carboxylic acids is 1. The monoisotopic (exact) mass is 265 g/mol. The molecule has 2 aliphatic heterocycles. The third kappa shape index (κ3) is 4.32. The predicted octanol–water partition coefficient (Wildman–Crippen LogP) is 1.14. The van der Waals surface area contributed by atoms with E-state index in [1.54, 1.807) is 0 Å². The van der Waals surface area contributed by atoms with E-state index in [9.17, 15) is 4.79 Å². The molecule has 2 saturated heterocycles. The maximum absolute atomic E-state index is 12.3. The normalized spacial score (nSPS) is 29.9. The quantitative estimate of drug-likeness (QED) is 0.749. The smallest absolute Gasteiger partial charge is 0.223 e. The van der Waals surface area contributed by atoms with Gasteiger partial charge in [0, 0.05) is 37.6 Å². The van der Waals surface area contributed by atoms with Crippen LogP contribution in [0.4, 0.5) is 0 Å². The summed E-state index contributed by atoms with van der Waals surface area (Å²) >= 11 is 0. The zero-order valence-electron chi connectivity index (χ0n) is 12.0. The summed E-state index contributed by atoms with van der Waals surface area (Å²) in [7, 11) is 0. The van der Waals surface area contributed by atoms with Crippen LogP contribution in [0, 0.1) is 5.92 Å². The SMILES string of the molecule is C=CCN1CCC(NC(=O)[C@H]2CCN[C@@H](C)C2)CC1. The van der Waals surface area contributed by atoms with Gasteiger partial charge >= 0.3 is 0 Å². The Bertz CT molecular complexity index is 311. The molecule has 0 aromatic rings. The van der Waals surface area contributed by atoms with Crippen LogP contribution in [0.2, 0.25) is 0 Å². The molecular formula is C15H27N3O. The van der Waals surface area contributed by atoms with Crippen LogP contribution in [-0.4, -0.2) is 49.1 Å². The second-order valence-electron chi connectivity index (χ2n) is 5.95. The van der Waals surface area contributed by atoms with Crippen LogP contribution < -0.4 is 10.6 Å². The number of rotatable bonds is 4. The van der Waals surface area contributed by atoms with Crippen molar-refractivity contribution in [3.63, 3.8) is 0 Å². The molecule has 0 bridgehead atoms. The summed E-state index contributed by atoms with van der Waals surface area (Å²) in [6.45, 7) is 10.0. The first-order valence-electron chi connectivity index (χ1n) is 7.56. The molecule has 0 aromatic heterocycles. The molecule has 0 saturated carbocycles. The van der Waals surface area contributed by atoms with Gasteiger partial charge in [0.1, 0.15) is 0 Å². The fraction of sp³-hybridized carbons (Fsp3) is 0.800. The molecule has 0 spiro atoms. The molecule has 4 heteroatoms. The van der Waals surface area contributed by atoms with Gasteiger partial charge in [-0.3, -0.25) is 9.69 Å². The Kier molecular flexibility index (Phi) is 5.40. The number of piperidine rings is 2. The number of likely N-dealkylation sites (tertiary alicyclic amines) is 1. The van der Waals surface area contributed by atoms with Crippen molar-refractivity contribution in [2.24, 2.45) is 5.92 Å². The molecule has 2 heterocycles. The molecule has 0 unspecified atom stereocenters. The maximum atomic E-state index is 12.3. The van der Waals surface area contributed by atoms with Crippen molar-refractivity contribution in [2.75, 3.05) is 26.2 Å². The topological polar surface area (TPSA) is 44.4 Å². The Morgan fingerprint density at radius 1 is 1.42 bits per heavy atom. The zero-order chi connectivity index (χ0) is 13.7. The van der Waals surface area contributed by atoms with Crippen LogP contribution >= 0.6 is 0 Å². The Morgan fingerprint density at radius 3 is 2.79 bits per heavy atom. The fourth-order valence-corrected chi connectivity index (χ4v) is 3.13. The molecule has 108 valence electrons. The van der Waals surface area contributed by atoms with Crippen molar-refractivity contribution in [3.8, 4) is 0 Å². The van der Waals surface area contributed by atoms with Crippen molar-refractivity contribution >= 4 is 5.91 Å². The van der Waals surface area contributed by atoms with Crippen LogP contribution in [0.5, 0.6) is 0 Å². The average molecular weight is 265 g/mol. The molecule has 1 amide bonds. The first-order chi connectivity index (χ1) is 9.19. The molecule has 4 nitrogen and oxygen atoms in total. The molecule has 0 radical (unpaired) electrons. The Hall–Kier alpha value is -0.870. The lowest BCUT2D eigenvalue weighted by Gasteiger charge is -2.33. The van der Waals surface area contributed by atoms with Crippen LogP contribution in [0.1, 0.15) is 32.6 Å². The lowest BCUT2D eigenvalue weighted by Crippen LogP contribution is -2.48. The number of carbonyl (C=O) groups is 1. The second-order valence-corrected chi connectivity index (χ2v) is 5.95. The minimum Gasteiger partial charge on any atom is -0.353 e. The van der Waals surface area contributed by atoms with E-state index in [-0.39, 0.29) is 11.8 Å². The van der Waals surface area contributed by atoms with Crippen molar-refractivity contribution in [1.29, 1.82) is 0 Å². The number of hydrogen-bond donors (Lipinski definition) is 2. The highest BCUT2D eigenvalue weighted by molar-refractivity contribution is 5.79. The summed E-state index contributed by atoms with van der Waals surface area (Å²) < 4.78 is 0. The lowest BCUT2D eigenvalue weighted by atomic mass is 9.92. The average Bonchev–Trinajstić information content (AvgIpc) is 2.41. The third-order valence-corrected chi connectivity index (χ3v) is 4.32. The van der Waals surface area contributed by atoms with Gasteiger partial charge in [-0.15, -0.1) is 6.58 Å². The van der Waals surface area contributed by atoms with Gasteiger partial charge in [-0.2, -0.15) is 0 Å². The summed E-state index contributed by atoms with van der Waals surface area (Å²) in [5.41, 5.74) is 0. The van der Waals surface area contributed by atoms with Gasteiger partial charge in [0.15, 0.2) is 0 Å². The molecule has 19 heavy (non-hydrogen) atoms. The van der Waals surface area contributed by atoms with Gasteiger partial charge < -0.3 is 10.6 Å². The first-order valence-corrected chi connectivity index (χ1v) is 7.56. The van der Waals surface area contributed by atoms with E-state index in [1.165, 1.54) is 0 Å². The van der Waals surface area contributed by atoms with Crippen molar-refractivity contribution < 1.29 is 4.79 Å². The number of hydrogen-bond acceptors (Lipinski definition) is 3. The fourth-order valence-electron chi connectivity index (χ4n) is 3.13. The summed E-state index contributed by atoms with van der Waals surface area (Å²) in [5.74, 6) is 0.484. The summed E-state index contributed by atoms with van der Waals surface area (Å²) in [6, 6.07) is 0.845. The molecule has 2 N–H and O–H groups in total.